The molecule has 174 valence electrons. The van der Waals surface area contributed by atoms with Crippen LogP contribution in [-0.4, -0.2) is 65.2 Å². The van der Waals surface area contributed by atoms with Crippen LogP contribution in [0.1, 0.15) is 10.4 Å². The largest absolute Gasteiger partial charge is 0.496 e. The van der Waals surface area contributed by atoms with E-state index in [9.17, 15) is 13.2 Å². The number of rotatable bonds is 8. The fourth-order valence-corrected chi connectivity index (χ4v) is 5.14. The van der Waals surface area contributed by atoms with E-state index in [2.05, 4.69) is 5.32 Å². The smallest absolute Gasteiger partial charge is 0.255 e. The van der Waals surface area contributed by atoms with Crippen LogP contribution >= 0.6 is 0 Å². The number of carbonyl (C=O) groups excluding carboxylic acids is 1. The summed E-state index contributed by atoms with van der Waals surface area (Å²) in [5, 5.41) is 4.84. The van der Waals surface area contributed by atoms with Crippen LogP contribution in [-0.2, 0) is 14.8 Å². The van der Waals surface area contributed by atoms with Gasteiger partial charge in [0.2, 0.25) is 10.0 Å². The first-order valence-electron chi connectivity index (χ1n) is 10.7. The van der Waals surface area contributed by atoms with Crippen LogP contribution in [0.2, 0.25) is 0 Å². The molecule has 0 atom stereocenters. The van der Waals surface area contributed by atoms with E-state index in [4.69, 9.17) is 14.2 Å². The van der Waals surface area contributed by atoms with Gasteiger partial charge in [-0.1, -0.05) is 36.4 Å². The van der Waals surface area contributed by atoms with Crippen molar-refractivity contribution in [1.29, 1.82) is 0 Å². The lowest BCUT2D eigenvalue weighted by molar-refractivity contribution is 0.0730. The minimum atomic E-state index is -3.73. The molecule has 0 saturated carbocycles. The number of amides is 1. The van der Waals surface area contributed by atoms with Crippen LogP contribution < -0.4 is 14.8 Å². The quantitative estimate of drug-likeness (QED) is 0.509. The van der Waals surface area contributed by atoms with Crippen molar-refractivity contribution in [2.75, 3.05) is 46.6 Å². The third-order valence-electron chi connectivity index (χ3n) is 5.42. The summed E-state index contributed by atoms with van der Waals surface area (Å²) < 4.78 is 43.7. The Labute approximate surface area is 193 Å². The van der Waals surface area contributed by atoms with Crippen molar-refractivity contribution >= 4 is 26.7 Å². The lowest BCUT2D eigenvalue weighted by Crippen LogP contribution is -2.40. The zero-order chi connectivity index (χ0) is 23.3. The summed E-state index contributed by atoms with van der Waals surface area (Å²) in [6.07, 6.45) is 0. The first-order chi connectivity index (χ1) is 16.0. The Kier molecular flexibility index (Phi) is 7.12. The van der Waals surface area contributed by atoms with E-state index in [1.54, 1.807) is 0 Å². The average Bonchev–Trinajstić information content (AvgIpc) is 2.86. The molecule has 0 spiro atoms. The fourth-order valence-electron chi connectivity index (χ4n) is 3.70. The molecule has 1 aliphatic heterocycles. The minimum Gasteiger partial charge on any atom is -0.496 e. The van der Waals surface area contributed by atoms with Crippen molar-refractivity contribution in [2.24, 2.45) is 0 Å². The molecule has 1 aliphatic rings. The van der Waals surface area contributed by atoms with Crippen LogP contribution in [0.3, 0.4) is 0 Å². The third kappa shape index (κ3) is 5.11. The summed E-state index contributed by atoms with van der Waals surface area (Å²) in [7, 11) is -2.30. The van der Waals surface area contributed by atoms with Gasteiger partial charge in [0.1, 0.15) is 18.1 Å². The molecule has 0 bridgehead atoms. The molecule has 1 fully saturated rings. The molecule has 1 saturated heterocycles. The Morgan fingerprint density at radius 3 is 2.58 bits per heavy atom. The first kappa shape index (κ1) is 23.0. The number of nitrogens with one attached hydrogen (secondary N) is 1. The van der Waals surface area contributed by atoms with E-state index in [-0.39, 0.29) is 36.7 Å². The molecule has 33 heavy (non-hydrogen) atoms. The van der Waals surface area contributed by atoms with Crippen molar-refractivity contribution in [1.82, 2.24) is 9.62 Å². The summed E-state index contributed by atoms with van der Waals surface area (Å²) in [6, 6.07) is 18.0. The predicted molar refractivity (Wildman–Crippen MR) is 124 cm³/mol. The molecule has 9 heteroatoms. The second-order valence-electron chi connectivity index (χ2n) is 7.46. The molecule has 0 aromatic heterocycles. The summed E-state index contributed by atoms with van der Waals surface area (Å²) in [5.74, 6) is 0.592. The number of methoxy groups -OCH3 is 1. The molecular weight excluding hydrogens is 444 g/mol. The molecule has 4 rings (SSSR count). The van der Waals surface area contributed by atoms with E-state index in [0.29, 0.717) is 19.0 Å². The summed E-state index contributed by atoms with van der Waals surface area (Å²) in [4.78, 5) is 12.9. The monoisotopic (exact) mass is 470 g/mol. The van der Waals surface area contributed by atoms with Gasteiger partial charge in [0.05, 0.1) is 37.3 Å². The van der Waals surface area contributed by atoms with Gasteiger partial charge >= 0.3 is 0 Å². The number of morpholine rings is 1. The number of hydrogen-bond donors (Lipinski definition) is 1. The maximum atomic E-state index is 13.0. The number of fused-ring (bicyclic) bond motifs is 1. The summed E-state index contributed by atoms with van der Waals surface area (Å²) in [6.45, 7) is 1.75. The second kappa shape index (κ2) is 10.2. The second-order valence-corrected chi connectivity index (χ2v) is 9.40. The first-order valence-corrected chi connectivity index (χ1v) is 12.1. The number of benzene rings is 3. The fraction of sp³-hybridized carbons (Fsp3) is 0.292. The lowest BCUT2D eigenvalue weighted by Gasteiger charge is -2.26. The van der Waals surface area contributed by atoms with Crippen molar-refractivity contribution in [3.05, 3.63) is 66.2 Å². The molecule has 0 unspecified atom stereocenters. The minimum absolute atomic E-state index is 0.0438. The van der Waals surface area contributed by atoms with Crippen LogP contribution in [0, 0.1) is 0 Å². The van der Waals surface area contributed by atoms with E-state index in [1.807, 2.05) is 42.5 Å². The van der Waals surface area contributed by atoms with Crippen LogP contribution in [0.5, 0.6) is 11.5 Å². The van der Waals surface area contributed by atoms with Crippen LogP contribution in [0.15, 0.2) is 65.6 Å². The van der Waals surface area contributed by atoms with Gasteiger partial charge < -0.3 is 19.5 Å². The highest BCUT2D eigenvalue weighted by Gasteiger charge is 2.28. The Hall–Kier alpha value is -3.14. The molecule has 3 aromatic rings. The van der Waals surface area contributed by atoms with E-state index in [0.717, 1.165) is 16.5 Å². The third-order valence-corrected chi connectivity index (χ3v) is 7.31. The van der Waals surface area contributed by atoms with E-state index in [1.165, 1.54) is 29.6 Å². The molecule has 1 heterocycles. The highest BCUT2D eigenvalue weighted by atomic mass is 32.2. The molecule has 0 radical (unpaired) electrons. The lowest BCUT2D eigenvalue weighted by atomic mass is 10.1. The molecule has 8 nitrogen and oxygen atoms in total. The van der Waals surface area contributed by atoms with Crippen LogP contribution in [0.4, 0.5) is 0 Å². The van der Waals surface area contributed by atoms with E-state index < -0.39 is 15.9 Å². The van der Waals surface area contributed by atoms with Gasteiger partial charge in [-0.3, -0.25) is 4.79 Å². The Bertz CT molecular complexity index is 1230. The SMILES string of the molecule is COc1ccc(S(=O)(=O)N2CCOCC2)cc1C(=O)NCCOc1cccc2ccccc12. The van der Waals surface area contributed by atoms with Gasteiger partial charge in [0.15, 0.2) is 0 Å². The Balaban J connectivity index is 1.43. The normalized spacial score (nSPS) is 14.7. The molecule has 3 aromatic carbocycles. The maximum absolute atomic E-state index is 13.0. The van der Waals surface area contributed by atoms with Gasteiger partial charge in [-0.2, -0.15) is 4.31 Å². The number of carbonyl (C=O) groups is 1. The number of hydrogen-bond acceptors (Lipinski definition) is 6. The van der Waals surface area contributed by atoms with Gasteiger partial charge in [-0.05, 0) is 29.7 Å². The summed E-state index contributed by atoms with van der Waals surface area (Å²) >= 11 is 0. The van der Waals surface area contributed by atoms with Gasteiger partial charge in [0, 0.05) is 18.5 Å². The van der Waals surface area contributed by atoms with E-state index >= 15 is 0 Å². The van der Waals surface area contributed by atoms with Gasteiger partial charge in [-0.25, -0.2) is 8.42 Å². The standard InChI is InChI=1S/C24H26N2O6S/c1-30-22-10-9-19(33(28,29)26-12-15-31-16-13-26)17-21(22)24(27)25-11-14-32-23-8-4-6-18-5-2-3-7-20(18)23/h2-10,17H,11-16H2,1H3,(H,25,27). The topological polar surface area (TPSA) is 94.2 Å². The average molecular weight is 471 g/mol. The van der Waals surface area contributed by atoms with Gasteiger partial charge in [0.25, 0.3) is 5.91 Å². The van der Waals surface area contributed by atoms with Crippen molar-refractivity contribution in [2.45, 2.75) is 4.90 Å². The zero-order valence-electron chi connectivity index (χ0n) is 18.3. The summed E-state index contributed by atoms with van der Waals surface area (Å²) in [5.41, 5.74) is 0.150. The number of sulfonamides is 1. The molecular formula is C24H26N2O6S. The molecule has 1 N–H and O–H groups in total. The van der Waals surface area contributed by atoms with Gasteiger partial charge in [-0.15, -0.1) is 0 Å². The predicted octanol–water partition coefficient (Wildman–Crippen LogP) is 2.68. The van der Waals surface area contributed by atoms with Crippen LogP contribution in [0.25, 0.3) is 10.8 Å². The zero-order valence-corrected chi connectivity index (χ0v) is 19.1. The number of ether oxygens (including phenoxy) is 3. The van der Waals surface area contributed by atoms with Crippen molar-refractivity contribution in [3.8, 4) is 11.5 Å². The van der Waals surface area contributed by atoms with Crippen molar-refractivity contribution in [3.63, 3.8) is 0 Å². The highest BCUT2D eigenvalue weighted by Crippen LogP contribution is 2.26. The van der Waals surface area contributed by atoms with Crippen molar-refractivity contribution < 1.29 is 27.4 Å². The number of nitrogens with zero attached hydrogens (tertiary/aromatic N) is 1. The molecule has 0 aliphatic carbocycles. The Morgan fingerprint density at radius 2 is 1.79 bits per heavy atom. The maximum Gasteiger partial charge on any atom is 0.255 e. The Morgan fingerprint density at radius 1 is 1.03 bits per heavy atom. The molecule has 1 amide bonds. The highest BCUT2D eigenvalue weighted by molar-refractivity contribution is 7.89.